The average Bonchev–Trinajstić information content (AvgIpc) is 2.81. The molecule has 4 nitrogen and oxygen atoms in total. The van der Waals surface area contributed by atoms with Gasteiger partial charge in [0.05, 0.1) is 19.3 Å². The zero-order chi connectivity index (χ0) is 20.8. The Bertz CT molecular complexity index is 920. The van der Waals surface area contributed by atoms with Gasteiger partial charge in [-0.2, -0.15) is 0 Å². The summed E-state index contributed by atoms with van der Waals surface area (Å²) in [6.45, 7) is 2.58. The van der Waals surface area contributed by atoms with Crippen molar-refractivity contribution < 1.29 is 9.53 Å². The van der Waals surface area contributed by atoms with Crippen molar-refractivity contribution in [1.29, 1.82) is 0 Å². The second-order valence-electron chi connectivity index (χ2n) is 7.34. The van der Waals surface area contributed by atoms with Crippen LogP contribution in [0.15, 0.2) is 84.9 Å². The number of rotatable bonds is 6. The van der Waals surface area contributed by atoms with Gasteiger partial charge in [0, 0.05) is 18.1 Å². The normalized spacial score (nSPS) is 15.7. The third-order valence-corrected chi connectivity index (χ3v) is 5.76. The monoisotopic (exact) mass is 420 g/mol. The molecule has 30 heavy (non-hydrogen) atoms. The Morgan fingerprint density at radius 1 is 0.833 bits per heavy atom. The molecular weight excluding hydrogens is 396 g/mol. The van der Waals surface area contributed by atoms with Gasteiger partial charge >= 0.3 is 0 Å². The predicted octanol–water partition coefficient (Wildman–Crippen LogP) is 4.62. The molecule has 154 valence electrons. The van der Waals surface area contributed by atoms with E-state index in [0.29, 0.717) is 31.3 Å². The summed E-state index contributed by atoms with van der Waals surface area (Å²) in [5.41, 5.74) is 2.90. The minimum absolute atomic E-state index is 0.0669. The fourth-order valence-corrected chi connectivity index (χ4v) is 4.15. The predicted molar refractivity (Wildman–Crippen MR) is 119 cm³/mol. The van der Waals surface area contributed by atoms with Gasteiger partial charge in [0.2, 0.25) is 5.91 Å². The van der Waals surface area contributed by atoms with E-state index in [1.165, 1.54) is 0 Å². The molecule has 0 unspecified atom stereocenters. The van der Waals surface area contributed by atoms with E-state index in [2.05, 4.69) is 10.2 Å². The van der Waals surface area contributed by atoms with Gasteiger partial charge in [-0.3, -0.25) is 9.69 Å². The van der Waals surface area contributed by atoms with Crippen LogP contribution in [-0.2, 0) is 9.53 Å². The molecule has 1 atom stereocenters. The van der Waals surface area contributed by atoms with Crippen LogP contribution in [-0.4, -0.2) is 37.1 Å². The lowest BCUT2D eigenvalue weighted by molar-refractivity contribution is -0.129. The van der Waals surface area contributed by atoms with Crippen molar-refractivity contribution in [3.05, 3.63) is 107 Å². The van der Waals surface area contributed by atoms with E-state index < -0.39 is 6.04 Å². The second kappa shape index (κ2) is 9.90. The first-order valence-electron chi connectivity index (χ1n) is 10.2. The molecule has 1 fully saturated rings. The number of benzene rings is 3. The minimum Gasteiger partial charge on any atom is -0.379 e. The van der Waals surface area contributed by atoms with E-state index >= 15 is 0 Å². The molecule has 1 aliphatic rings. The molecule has 1 saturated heterocycles. The van der Waals surface area contributed by atoms with Crippen molar-refractivity contribution in [2.75, 3.05) is 26.3 Å². The van der Waals surface area contributed by atoms with Crippen LogP contribution in [0.3, 0.4) is 0 Å². The molecule has 0 radical (unpaired) electrons. The highest BCUT2D eigenvalue weighted by atomic mass is 35.5. The number of hydrogen-bond acceptors (Lipinski definition) is 3. The van der Waals surface area contributed by atoms with Gasteiger partial charge in [0.1, 0.15) is 6.04 Å². The van der Waals surface area contributed by atoms with Gasteiger partial charge in [-0.1, -0.05) is 90.5 Å². The first-order chi connectivity index (χ1) is 14.7. The number of morpholine rings is 1. The standard InChI is InChI=1S/C25H25ClN2O2/c26-22-14-8-7-13-21(22)24(28-15-17-30-18-16-28)25(29)27-23(19-9-3-1-4-10-19)20-11-5-2-6-12-20/h1-14,23-24H,15-18H2,(H,27,29)/t24-/m1/s1. The van der Waals surface area contributed by atoms with E-state index in [1.807, 2.05) is 84.9 Å². The average molecular weight is 421 g/mol. The fourth-order valence-electron chi connectivity index (χ4n) is 3.91. The lowest BCUT2D eigenvalue weighted by Gasteiger charge is -2.35. The third-order valence-electron chi connectivity index (χ3n) is 5.41. The van der Waals surface area contributed by atoms with E-state index in [1.54, 1.807) is 0 Å². The summed E-state index contributed by atoms with van der Waals surface area (Å²) in [6, 6.07) is 26.9. The quantitative estimate of drug-likeness (QED) is 0.632. The van der Waals surface area contributed by atoms with Crippen LogP contribution < -0.4 is 5.32 Å². The maximum Gasteiger partial charge on any atom is 0.242 e. The molecule has 1 aliphatic heterocycles. The molecule has 1 N–H and O–H groups in total. The van der Waals surface area contributed by atoms with Gasteiger partial charge in [0.25, 0.3) is 0 Å². The van der Waals surface area contributed by atoms with Crippen molar-refractivity contribution in [2.45, 2.75) is 12.1 Å². The van der Waals surface area contributed by atoms with Crippen LogP contribution in [0.5, 0.6) is 0 Å². The first kappa shape index (κ1) is 20.6. The zero-order valence-electron chi connectivity index (χ0n) is 16.7. The summed E-state index contributed by atoms with van der Waals surface area (Å²) in [6.07, 6.45) is 0. The SMILES string of the molecule is O=C(NC(c1ccccc1)c1ccccc1)[C@@H](c1ccccc1Cl)N1CCOCC1. The second-order valence-corrected chi connectivity index (χ2v) is 7.74. The maximum atomic E-state index is 13.7. The van der Waals surface area contributed by atoms with Gasteiger partial charge in [-0.05, 0) is 22.8 Å². The molecule has 5 heteroatoms. The molecule has 3 aromatic carbocycles. The molecule has 0 aliphatic carbocycles. The van der Waals surface area contributed by atoms with Crippen molar-refractivity contribution in [3.8, 4) is 0 Å². The molecule has 4 rings (SSSR count). The number of carbonyl (C=O) groups is 1. The number of hydrogen-bond donors (Lipinski definition) is 1. The van der Waals surface area contributed by atoms with Crippen LogP contribution in [0, 0.1) is 0 Å². The summed E-state index contributed by atoms with van der Waals surface area (Å²) in [4.78, 5) is 15.8. The number of halogens is 1. The largest absolute Gasteiger partial charge is 0.379 e. The van der Waals surface area contributed by atoms with Crippen LogP contribution in [0.4, 0.5) is 0 Å². The highest BCUT2D eigenvalue weighted by molar-refractivity contribution is 6.31. The van der Waals surface area contributed by atoms with Crippen molar-refractivity contribution in [3.63, 3.8) is 0 Å². The molecule has 0 spiro atoms. The van der Waals surface area contributed by atoms with Crippen LogP contribution in [0.2, 0.25) is 5.02 Å². The Labute approximate surface area is 182 Å². The van der Waals surface area contributed by atoms with E-state index in [-0.39, 0.29) is 11.9 Å². The lowest BCUT2D eigenvalue weighted by atomic mass is 9.97. The highest BCUT2D eigenvalue weighted by Gasteiger charge is 2.32. The molecule has 0 aromatic heterocycles. The Morgan fingerprint density at radius 3 is 1.93 bits per heavy atom. The van der Waals surface area contributed by atoms with Crippen LogP contribution in [0.25, 0.3) is 0 Å². The number of ether oxygens (including phenoxy) is 1. The Balaban J connectivity index is 1.68. The topological polar surface area (TPSA) is 41.6 Å². The molecule has 0 saturated carbocycles. The highest BCUT2D eigenvalue weighted by Crippen LogP contribution is 2.30. The van der Waals surface area contributed by atoms with Crippen molar-refractivity contribution >= 4 is 17.5 Å². The molecular formula is C25H25ClN2O2. The van der Waals surface area contributed by atoms with E-state index in [9.17, 15) is 4.79 Å². The summed E-state index contributed by atoms with van der Waals surface area (Å²) < 4.78 is 5.51. The van der Waals surface area contributed by atoms with Gasteiger partial charge < -0.3 is 10.1 Å². The third kappa shape index (κ3) is 4.73. The minimum atomic E-state index is -0.475. The summed E-state index contributed by atoms with van der Waals surface area (Å²) in [5, 5.41) is 3.89. The van der Waals surface area contributed by atoms with Gasteiger partial charge in [0.15, 0.2) is 0 Å². The zero-order valence-corrected chi connectivity index (χ0v) is 17.5. The van der Waals surface area contributed by atoms with Gasteiger partial charge in [-0.15, -0.1) is 0 Å². The first-order valence-corrected chi connectivity index (χ1v) is 10.6. The van der Waals surface area contributed by atoms with Crippen molar-refractivity contribution in [1.82, 2.24) is 10.2 Å². The Hall–Kier alpha value is -2.66. The van der Waals surface area contributed by atoms with Crippen LogP contribution >= 0.6 is 11.6 Å². The van der Waals surface area contributed by atoms with E-state index in [4.69, 9.17) is 16.3 Å². The summed E-state index contributed by atoms with van der Waals surface area (Å²) in [7, 11) is 0. The number of nitrogens with one attached hydrogen (secondary N) is 1. The Morgan fingerprint density at radius 2 is 1.37 bits per heavy atom. The smallest absolute Gasteiger partial charge is 0.242 e. The van der Waals surface area contributed by atoms with E-state index in [0.717, 1.165) is 16.7 Å². The maximum absolute atomic E-state index is 13.7. The Kier molecular flexibility index (Phi) is 6.80. The number of amides is 1. The summed E-state index contributed by atoms with van der Waals surface area (Å²) in [5.74, 6) is -0.0669. The molecule has 1 amide bonds. The van der Waals surface area contributed by atoms with Crippen molar-refractivity contribution in [2.24, 2.45) is 0 Å². The number of nitrogens with zero attached hydrogens (tertiary/aromatic N) is 1. The summed E-state index contributed by atoms with van der Waals surface area (Å²) >= 11 is 6.51. The number of carbonyl (C=O) groups excluding carboxylic acids is 1. The molecule has 1 heterocycles. The molecule has 0 bridgehead atoms. The molecule has 3 aromatic rings. The van der Waals surface area contributed by atoms with Crippen LogP contribution in [0.1, 0.15) is 28.8 Å². The lowest BCUT2D eigenvalue weighted by Crippen LogP contribution is -2.46. The van der Waals surface area contributed by atoms with Gasteiger partial charge in [-0.25, -0.2) is 0 Å². The fraction of sp³-hybridized carbons (Fsp3) is 0.240.